The number of nitrogens with one attached hydrogen (secondary N) is 3. The van der Waals surface area contributed by atoms with E-state index >= 15 is 0 Å². The Kier molecular flexibility index (Phi) is 5.94. The second kappa shape index (κ2) is 8.42. The maximum atomic E-state index is 12.4. The van der Waals surface area contributed by atoms with Gasteiger partial charge in [0.15, 0.2) is 11.5 Å². The Labute approximate surface area is 171 Å². The molecule has 0 spiro atoms. The third-order valence-electron chi connectivity index (χ3n) is 3.86. The van der Waals surface area contributed by atoms with Gasteiger partial charge in [0.2, 0.25) is 15.9 Å². The summed E-state index contributed by atoms with van der Waals surface area (Å²) in [5.41, 5.74) is 7.54. The molecule has 0 bridgehead atoms. The van der Waals surface area contributed by atoms with Crippen molar-refractivity contribution in [1.82, 2.24) is 29.6 Å². The van der Waals surface area contributed by atoms with Gasteiger partial charge in [-0.2, -0.15) is 5.10 Å². The number of amides is 2. The van der Waals surface area contributed by atoms with Crippen molar-refractivity contribution in [3.63, 3.8) is 0 Å². The van der Waals surface area contributed by atoms with Crippen LogP contribution >= 0.6 is 0 Å². The SMILES string of the molecule is CC(=O)Nc1cn2nc(-c3cnc(N)c(C(=O)NCCNS(C)(=O)=O)c3)ccc2n1. The van der Waals surface area contributed by atoms with Crippen molar-refractivity contribution >= 4 is 39.1 Å². The average Bonchev–Trinajstić information content (AvgIpc) is 3.05. The van der Waals surface area contributed by atoms with E-state index in [2.05, 4.69) is 30.4 Å². The van der Waals surface area contributed by atoms with Crippen LogP contribution in [-0.4, -0.2) is 59.2 Å². The molecular formula is C17H20N8O4S. The van der Waals surface area contributed by atoms with Crippen LogP contribution in [0.15, 0.2) is 30.6 Å². The highest BCUT2D eigenvalue weighted by molar-refractivity contribution is 7.88. The van der Waals surface area contributed by atoms with Gasteiger partial charge in [-0.05, 0) is 18.2 Å². The minimum atomic E-state index is -3.34. The maximum absolute atomic E-state index is 12.4. The molecule has 0 aliphatic carbocycles. The van der Waals surface area contributed by atoms with Gasteiger partial charge >= 0.3 is 0 Å². The van der Waals surface area contributed by atoms with Crippen LogP contribution in [-0.2, 0) is 14.8 Å². The van der Waals surface area contributed by atoms with Crippen molar-refractivity contribution in [2.75, 3.05) is 30.4 Å². The van der Waals surface area contributed by atoms with Gasteiger partial charge in [-0.25, -0.2) is 27.6 Å². The number of nitrogen functional groups attached to an aromatic ring is 1. The number of carbonyl (C=O) groups is 2. The molecule has 0 atom stereocenters. The lowest BCUT2D eigenvalue weighted by molar-refractivity contribution is -0.114. The molecule has 0 aliphatic heterocycles. The number of anilines is 2. The number of pyridine rings is 1. The number of fused-ring (bicyclic) bond motifs is 1. The molecule has 3 aromatic rings. The van der Waals surface area contributed by atoms with Crippen molar-refractivity contribution in [3.8, 4) is 11.3 Å². The second-order valence-electron chi connectivity index (χ2n) is 6.41. The number of sulfonamides is 1. The summed E-state index contributed by atoms with van der Waals surface area (Å²) in [5.74, 6) is -0.341. The van der Waals surface area contributed by atoms with E-state index in [-0.39, 0.29) is 30.4 Å². The molecule has 0 saturated heterocycles. The Balaban J connectivity index is 1.80. The molecular weight excluding hydrogens is 412 g/mol. The van der Waals surface area contributed by atoms with E-state index in [0.717, 1.165) is 6.26 Å². The van der Waals surface area contributed by atoms with E-state index in [0.29, 0.717) is 22.7 Å². The summed E-state index contributed by atoms with van der Waals surface area (Å²) in [7, 11) is -3.34. The first-order valence-corrected chi connectivity index (χ1v) is 10.6. The molecule has 0 unspecified atom stereocenters. The summed E-state index contributed by atoms with van der Waals surface area (Å²) in [6, 6.07) is 4.95. The van der Waals surface area contributed by atoms with E-state index in [4.69, 9.17) is 5.73 Å². The molecule has 0 fully saturated rings. The van der Waals surface area contributed by atoms with Crippen LogP contribution in [0, 0.1) is 0 Å². The summed E-state index contributed by atoms with van der Waals surface area (Å²) in [5, 5.41) is 9.58. The predicted octanol–water partition coefficient (Wildman–Crippen LogP) is -0.389. The molecule has 3 rings (SSSR count). The van der Waals surface area contributed by atoms with Crippen LogP contribution in [0.5, 0.6) is 0 Å². The number of hydrogen-bond donors (Lipinski definition) is 4. The van der Waals surface area contributed by atoms with Crippen LogP contribution in [0.1, 0.15) is 17.3 Å². The number of nitrogens with zero attached hydrogens (tertiary/aromatic N) is 4. The Morgan fingerprint density at radius 1 is 1.23 bits per heavy atom. The first kappa shape index (κ1) is 21.1. The second-order valence-corrected chi connectivity index (χ2v) is 8.24. The third kappa shape index (κ3) is 5.27. The molecule has 3 heterocycles. The predicted molar refractivity (Wildman–Crippen MR) is 110 cm³/mol. The Morgan fingerprint density at radius 2 is 2.00 bits per heavy atom. The molecule has 0 saturated carbocycles. The minimum Gasteiger partial charge on any atom is -0.383 e. The lowest BCUT2D eigenvalue weighted by atomic mass is 10.1. The third-order valence-corrected chi connectivity index (χ3v) is 4.59. The van der Waals surface area contributed by atoms with Crippen molar-refractivity contribution in [1.29, 1.82) is 0 Å². The molecule has 5 N–H and O–H groups in total. The van der Waals surface area contributed by atoms with Crippen LogP contribution in [0.2, 0.25) is 0 Å². The van der Waals surface area contributed by atoms with E-state index in [1.54, 1.807) is 24.4 Å². The molecule has 0 aliphatic rings. The first-order chi connectivity index (χ1) is 14.1. The van der Waals surface area contributed by atoms with E-state index in [1.807, 2.05) is 0 Å². The minimum absolute atomic E-state index is 0.0315. The number of carbonyl (C=O) groups excluding carboxylic acids is 2. The molecule has 13 heteroatoms. The molecule has 30 heavy (non-hydrogen) atoms. The largest absolute Gasteiger partial charge is 0.383 e. The highest BCUT2D eigenvalue weighted by Gasteiger charge is 2.14. The summed E-state index contributed by atoms with van der Waals surface area (Å²) in [6.45, 7) is 1.51. The van der Waals surface area contributed by atoms with E-state index in [1.165, 1.54) is 17.6 Å². The van der Waals surface area contributed by atoms with Crippen LogP contribution < -0.4 is 21.1 Å². The van der Waals surface area contributed by atoms with Gasteiger partial charge < -0.3 is 16.4 Å². The van der Waals surface area contributed by atoms with Gasteiger partial charge in [0.05, 0.1) is 23.7 Å². The zero-order valence-electron chi connectivity index (χ0n) is 16.2. The van der Waals surface area contributed by atoms with E-state index < -0.39 is 15.9 Å². The van der Waals surface area contributed by atoms with Crippen molar-refractivity contribution in [3.05, 3.63) is 36.2 Å². The van der Waals surface area contributed by atoms with Gasteiger partial charge in [-0.15, -0.1) is 0 Å². The number of aromatic nitrogens is 4. The number of rotatable bonds is 7. The summed E-state index contributed by atoms with van der Waals surface area (Å²) < 4.78 is 25.9. The standard InChI is InChI=1S/C17H20N8O4S/c1-10(26)22-14-9-25-15(23-14)4-3-13(24-25)11-7-12(16(18)20-8-11)17(27)19-5-6-21-30(2,28)29/h3-4,7-9,21H,5-6H2,1-2H3,(H2,18,20)(H,19,27)(H,22,26). The summed E-state index contributed by atoms with van der Waals surface area (Å²) in [4.78, 5) is 31.9. The van der Waals surface area contributed by atoms with Crippen molar-refractivity contribution in [2.45, 2.75) is 6.92 Å². The number of nitrogens with two attached hydrogens (primary N) is 1. The number of hydrogen-bond acceptors (Lipinski definition) is 8. The Bertz CT molecular complexity index is 1220. The monoisotopic (exact) mass is 432 g/mol. The molecule has 0 radical (unpaired) electrons. The fourth-order valence-electron chi connectivity index (χ4n) is 2.58. The zero-order valence-corrected chi connectivity index (χ0v) is 17.0. The smallest absolute Gasteiger partial charge is 0.255 e. The number of imidazole rings is 1. The average molecular weight is 432 g/mol. The van der Waals surface area contributed by atoms with Gasteiger partial charge in [-0.3, -0.25) is 9.59 Å². The van der Waals surface area contributed by atoms with E-state index in [9.17, 15) is 18.0 Å². The lowest BCUT2D eigenvalue weighted by Crippen LogP contribution is -2.34. The maximum Gasteiger partial charge on any atom is 0.255 e. The fourth-order valence-corrected chi connectivity index (χ4v) is 3.05. The quantitative estimate of drug-likeness (QED) is 0.365. The summed E-state index contributed by atoms with van der Waals surface area (Å²) >= 11 is 0. The normalized spacial score (nSPS) is 11.4. The van der Waals surface area contributed by atoms with Gasteiger partial charge in [-0.1, -0.05) is 0 Å². The lowest BCUT2D eigenvalue weighted by Gasteiger charge is -2.09. The molecule has 0 aromatic carbocycles. The molecule has 158 valence electrons. The van der Waals surface area contributed by atoms with Crippen LogP contribution in [0.4, 0.5) is 11.6 Å². The molecule has 12 nitrogen and oxygen atoms in total. The zero-order chi connectivity index (χ0) is 21.9. The Hall–Kier alpha value is -3.58. The first-order valence-electron chi connectivity index (χ1n) is 8.75. The van der Waals surface area contributed by atoms with Crippen molar-refractivity contribution < 1.29 is 18.0 Å². The summed E-state index contributed by atoms with van der Waals surface area (Å²) in [6.07, 6.45) is 4.08. The van der Waals surface area contributed by atoms with Crippen LogP contribution in [0.3, 0.4) is 0 Å². The van der Waals surface area contributed by atoms with Gasteiger partial charge in [0.1, 0.15) is 5.82 Å². The highest BCUT2D eigenvalue weighted by atomic mass is 32.2. The molecule has 3 aromatic heterocycles. The topological polar surface area (TPSA) is 173 Å². The van der Waals surface area contributed by atoms with Crippen LogP contribution in [0.25, 0.3) is 16.9 Å². The molecule has 2 amide bonds. The van der Waals surface area contributed by atoms with Crippen molar-refractivity contribution in [2.24, 2.45) is 0 Å². The highest BCUT2D eigenvalue weighted by Crippen LogP contribution is 2.21. The van der Waals surface area contributed by atoms with Gasteiger partial charge in [0, 0.05) is 31.8 Å². The fraction of sp³-hybridized carbons (Fsp3) is 0.235. The van der Waals surface area contributed by atoms with Gasteiger partial charge in [0.25, 0.3) is 5.91 Å². The Morgan fingerprint density at radius 3 is 2.70 bits per heavy atom.